The Kier molecular flexibility index (Phi) is 2.82. The number of fused-ring (bicyclic) bond motifs is 2. The van der Waals surface area contributed by atoms with E-state index >= 15 is 0 Å². The van der Waals surface area contributed by atoms with E-state index in [2.05, 4.69) is 49.6 Å². The first-order valence-electron chi connectivity index (χ1n) is 7.14. The van der Waals surface area contributed by atoms with Crippen LogP contribution >= 0.6 is 0 Å². The fraction of sp³-hybridized carbons (Fsp3) is 0.529. The number of nitrogens with zero attached hydrogens (tertiary/aromatic N) is 1. The first-order chi connectivity index (χ1) is 8.63. The fourth-order valence-electron chi connectivity index (χ4n) is 3.78. The Balaban J connectivity index is 1.91. The molecule has 1 aliphatic carbocycles. The molecule has 3 rings (SSSR count). The highest BCUT2D eigenvalue weighted by Crippen LogP contribution is 2.48. The topological polar surface area (TPSA) is 3.24 Å². The molecule has 1 heterocycles. The van der Waals surface area contributed by atoms with Crippen molar-refractivity contribution in [1.82, 2.24) is 4.90 Å². The van der Waals surface area contributed by atoms with Crippen molar-refractivity contribution >= 4 is 0 Å². The highest BCUT2D eigenvalue weighted by molar-refractivity contribution is 5.50. The number of hydrogen-bond acceptors (Lipinski definition) is 1. The van der Waals surface area contributed by atoms with E-state index < -0.39 is 0 Å². The van der Waals surface area contributed by atoms with Gasteiger partial charge in [0.2, 0.25) is 0 Å². The van der Waals surface area contributed by atoms with Gasteiger partial charge in [0.05, 0.1) is 0 Å². The van der Waals surface area contributed by atoms with Crippen LogP contribution in [0.1, 0.15) is 37.8 Å². The molecule has 96 valence electrons. The van der Waals surface area contributed by atoms with Gasteiger partial charge in [0.15, 0.2) is 0 Å². The highest BCUT2D eigenvalue weighted by Gasteiger charge is 2.43. The SMILES string of the molecule is C=C1Cc2ccccc2C12CCN(C(C)C)CC2. The minimum atomic E-state index is 0.294. The molecule has 0 saturated carbocycles. The first kappa shape index (κ1) is 12.0. The molecule has 1 saturated heterocycles. The van der Waals surface area contributed by atoms with Gasteiger partial charge in [-0.2, -0.15) is 0 Å². The van der Waals surface area contributed by atoms with E-state index in [1.165, 1.54) is 37.1 Å². The van der Waals surface area contributed by atoms with Gasteiger partial charge in [0, 0.05) is 11.5 Å². The van der Waals surface area contributed by atoms with Crippen LogP contribution in [0.3, 0.4) is 0 Å². The van der Waals surface area contributed by atoms with E-state index in [9.17, 15) is 0 Å². The van der Waals surface area contributed by atoms with Crippen LogP contribution in [0, 0.1) is 0 Å². The quantitative estimate of drug-likeness (QED) is 0.680. The number of allylic oxidation sites excluding steroid dienone is 1. The highest BCUT2D eigenvalue weighted by atomic mass is 15.2. The Morgan fingerprint density at radius 1 is 1.17 bits per heavy atom. The molecule has 0 N–H and O–H groups in total. The van der Waals surface area contributed by atoms with Gasteiger partial charge in [-0.15, -0.1) is 0 Å². The van der Waals surface area contributed by atoms with Crippen LogP contribution in [0.25, 0.3) is 0 Å². The largest absolute Gasteiger partial charge is 0.301 e. The summed E-state index contributed by atoms with van der Waals surface area (Å²) in [4.78, 5) is 2.60. The number of benzene rings is 1. The third-order valence-electron chi connectivity index (χ3n) is 5.00. The summed E-state index contributed by atoms with van der Waals surface area (Å²) >= 11 is 0. The predicted octanol–water partition coefficient (Wildman–Crippen LogP) is 3.54. The second-order valence-electron chi connectivity index (χ2n) is 6.15. The van der Waals surface area contributed by atoms with Crippen molar-refractivity contribution in [2.75, 3.05) is 13.1 Å². The fourth-order valence-corrected chi connectivity index (χ4v) is 3.78. The molecule has 0 unspecified atom stereocenters. The molecule has 1 aromatic carbocycles. The minimum absolute atomic E-state index is 0.294. The Morgan fingerprint density at radius 2 is 1.83 bits per heavy atom. The van der Waals surface area contributed by atoms with Crippen molar-refractivity contribution in [2.24, 2.45) is 0 Å². The molecule has 18 heavy (non-hydrogen) atoms. The van der Waals surface area contributed by atoms with E-state index in [0.29, 0.717) is 11.5 Å². The zero-order chi connectivity index (χ0) is 12.8. The van der Waals surface area contributed by atoms with Crippen LogP contribution in [0.4, 0.5) is 0 Å². The van der Waals surface area contributed by atoms with Gasteiger partial charge in [0.25, 0.3) is 0 Å². The number of piperidine rings is 1. The van der Waals surface area contributed by atoms with Crippen molar-refractivity contribution in [3.05, 3.63) is 47.5 Å². The zero-order valence-corrected chi connectivity index (χ0v) is 11.6. The maximum atomic E-state index is 4.40. The van der Waals surface area contributed by atoms with Gasteiger partial charge in [-0.25, -0.2) is 0 Å². The maximum Gasteiger partial charge on any atom is 0.0189 e. The average Bonchev–Trinajstić information content (AvgIpc) is 2.64. The third-order valence-corrected chi connectivity index (χ3v) is 5.00. The predicted molar refractivity (Wildman–Crippen MR) is 76.9 cm³/mol. The molecule has 0 aromatic heterocycles. The van der Waals surface area contributed by atoms with Crippen molar-refractivity contribution in [2.45, 2.75) is 44.6 Å². The summed E-state index contributed by atoms with van der Waals surface area (Å²) < 4.78 is 0. The van der Waals surface area contributed by atoms with Gasteiger partial charge in [-0.3, -0.25) is 0 Å². The van der Waals surface area contributed by atoms with E-state index in [0.717, 1.165) is 6.42 Å². The standard InChI is InChI=1S/C17H23N/c1-13(2)18-10-8-17(9-11-18)14(3)12-15-6-4-5-7-16(15)17/h4-7,13H,3,8-12H2,1-2H3. The smallest absolute Gasteiger partial charge is 0.0189 e. The summed E-state index contributed by atoms with van der Waals surface area (Å²) in [6, 6.07) is 9.64. The molecular formula is C17H23N. The molecule has 0 radical (unpaired) electrons. The van der Waals surface area contributed by atoms with Gasteiger partial charge in [-0.1, -0.05) is 36.4 Å². The van der Waals surface area contributed by atoms with Crippen molar-refractivity contribution in [3.63, 3.8) is 0 Å². The lowest BCUT2D eigenvalue weighted by Crippen LogP contribution is -2.45. The van der Waals surface area contributed by atoms with Crippen LogP contribution in [0.15, 0.2) is 36.4 Å². The number of likely N-dealkylation sites (tertiary alicyclic amines) is 1. The summed E-state index contributed by atoms with van der Waals surface area (Å²) in [7, 11) is 0. The molecule has 1 spiro atoms. The van der Waals surface area contributed by atoms with Crippen LogP contribution < -0.4 is 0 Å². The Labute approximate surface area is 111 Å². The van der Waals surface area contributed by atoms with E-state index in [-0.39, 0.29) is 0 Å². The molecule has 0 atom stereocenters. The summed E-state index contributed by atoms with van der Waals surface area (Å²) in [5, 5.41) is 0. The first-order valence-corrected chi connectivity index (χ1v) is 7.14. The Hall–Kier alpha value is -1.08. The molecule has 0 bridgehead atoms. The van der Waals surface area contributed by atoms with E-state index in [4.69, 9.17) is 0 Å². The number of rotatable bonds is 1. The van der Waals surface area contributed by atoms with Crippen molar-refractivity contribution < 1.29 is 0 Å². The van der Waals surface area contributed by atoms with E-state index in [1.54, 1.807) is 5.56 Å². The van der Waals surface area contributed by atoms with Gasteiger partial charge in [0.1, 0.15) is 0 Å². The number of hydrogen-bond donors (Lipinski definition) is 0. The molecule has 2 aliphatic rings. The van der Waals surface area contributed by atoms with Crippen molar-refractivity contribution in [1.29, 1.82) is 0 Å². The minimum Gasteiger partial charge on any atom is -0.301 e. The molecular weight excluding hydrogens is 218 g/mol. The normalized spacial score (nSPS) is 22.7. The van der Waals surface area contributed by atoms with Crippen LogP contribution in [-0.4, -0.2) is 24.0 Å². The van der Waals surface area contributed by atoms with Gasteiger partial charge in [-0.05, 0) is 57.3 Å². The van der Waals surface area contributed by atoms with Crippen LogP contribution in [0.5, 0.6) is 0 Å². The lowest BCUT2D eigenvalue weighted by molar-refractivity contribution is 0.146. The Bertz CT molecular complexity index is 464. The average molecular weight is 241 g/mol. The molecule has 1 aromatic rings. The third kappa shape index (κ3) is 1.65. The molecule has 1 aliphatic heterocycles. The second-order valence-corrected chi connectivity index (χ2v) is 6.15. The van der Waals surface area contributed by atoms with Gasteiger partial charge >= 0.3 is 0 Å². The molecule has 1 fully saturated rings. The molecule has 1 heteroatoms. The second kappa shape index (κ2) is 4.24. The van der Waals surface area contributed by atoms with Crippen LogP contribution in [0.2, 0.25) is 0 Å². The summed E-state index contributed by atoms with van der Waals surface area (Å²) in [5.74, 6) is 0. The molecule has 1 nitrogen and oxygen atoms in total. The van der Waals surface area contributed by atoms with Crippen LogP contribution in [-0.2, 0) is 11.8 Å². The van der Waals surface area contributed by atoms with E-state index in [1.807, 2.05) is 0 Å². The summed E-state index contributed by atoms with van der Waals surface area (Å²) in [6.07, 6.45) is 3.60. The Morgan fingerprint density at radius 3 is 2.50 bits per heavy atom. The van der Waals surface area contributed by atoms with Gasteiger partial charge < -0.3 is 4.90 Å². The summed E-state index contributed by atoms with van der Waals surface area (Å²) in [5.41, 5.74) is 4.83. The molecule has 0 amide bonds. The lowest BCUT2D eigenvalue weighted by Gasteiger charge is -2.42. The maximum absolute atomic E-state index is 4.40. The summed E-state index contributed by atoms with van der Waals surface area (Å²) in [6.45, 7) is 11.4. The zero-order valence-electron chi connectivity index (χ0n) is 11.6. The monoisotopic (exact) mass is 241 g/mol. The van der Waals surface area contributed by atoms with Crippen molar-refractivity contribution in [3.8, 4) is 0 Å². The lowest BCUT2D eigenvalue weighted by atomic mass is 9.71.